The summed E-state index contributed by atoms with van der Waals surface area (Å²) in [6.07, 6.45) is 0. The van der Waals surface area contributed by atoms with E-state index >= 15 is 0 Å². The predicted octanol–water partition coefficient (Wildman–Crippen LogP) is 2.78. The standard InChI is InChI=1S/C11H16ClNO4S/c1-11(2,3)17-6-5-16-10-13-8(12)7(18-10)9(14)15-4/h5-6H2,1-4H3. The monoisotopic (exact) mass is 293 g/mol. The molecule has 1 aromatic heterocycles. The fourth-order valence-electron chi connectivity index (χ4n) is 1.04. The number of aromatic nitrogens is 1. The summed E-state index contributed by atoms with van der Waals surface area (Å²) >= 11 is 6.85. The number of nitrogens with zero attached hydrogens (tertiary/aromatic N) is 1. The van der Waals surface area contributed by atoms with E-state index in [1.807, 2.05) is 20.8 Å². The lowest BCUT2D eigenvalue weighted by Gasteiger charge is -2.19. The number of rotatable bonds is 5. The fraction of sp³-hybridized carbons (Fsp3) is 0.636. The van der Waals surface area contributed by atoms with Crippen LogP contribution in [0, 0.1) is 0 Å². The third-order valence-corrected chi connectivity index (χ3v) is 3.11. The summed E-state index contributed by atoms with van der Waals surface area (Å²) in [7, 11) is 1.29. The van der Waals surface area contributed by atoms with Crippen LogP contribution >= 0.6 is 22.9 Å². The van der Waals surface area contributed by atoms with E-state index in [1.54, 1.807) is 0 Å². The topological polar surface area (TPSA) is 57.7 Å². The molecule has 0 bridgehead atoms. The molecule has 0 spiro atoms. The van der Waals surface area contributed by atoms with Crippen molar-refractivity contribution >= 4 is 28.9 Å². The van der Waals surface area contributed by atoms with Gasteiger partial charge in [0.2, 0.25) is 0 Å². The van der Waals surface area contributed by atoms with E-state index in [9.17, 15) is 4.79 Å². The summed E-state index contributed by atoms with van der Waals surface area (Å²) in [6.45, 7) is 6.67. The van der Waals surface area contributed by atoms with Crippen molar-refractivity contribution in [3.05, 3.63) is 10.0 Å². The van der Waals surface area contributed by atoms with Gasteiger partial charge in [0.15, 0.2) is 10.0 Å². The molecule has 0 saturated carbocycles. The van der Waals surface area contributed by atoms with Gasteiger partial charge in [-0.3, -0.25) is 0 Å². The molecular weight excluding hydrogens is 278 g/mol. The lowest BCUT2D eigenvalue weighted by Crippen LogP contribution is -2.22. The van der Waals surface area contributed by atoms with Crippen LogP contribution in [0.1, 0.15) is 30.4 Å². The Morgan fingerprint density at radius 1 is 1.39 bits per heavy atom. The first-order valence-electron chi connectivity index (χ1n) is 5.35. The number of hydrogen-bond acceptors (Lipinski definition) is 6. The first-order valence-corrected chi connectivity index (χ1v) is 6.54. The quantitative estimate of drug-likeness (QED) is 0.617. The second-order valence-electron chi connectivity index (χ2n) is 4.40. The van der Waals surface area contributed by atoms with Gasteiger partial charge in [0.25, 0.3) is 5.19 Å². The summed E-state index contributed by atoms with van der Waals surface area (Å²) in [5.74, 6) is -0.515. The van der Waals surface area contributed by atoms with Gasteiger partial charge in [-0.15, -0.1) is 0 Å². The number of esters is 1. The SMILES string of the molecule is COC(=O)c1sc(OCCOC(C)(C)C)nc1Cl. The number of halogens is 1. The average Bonchev–Trinajstić information content (AvgIpc) is 2.64. The summed E-state index contributed by atoms with van der Waals surface area (Å²) in [6, 6.07) is 0. The van der Waals surface area contributed by atoms with Crippen molar-refractivity contribution < 1.29 is 19.0 Å². The summed E-state index contributed by atoms with van der Waals surface area (Å²) in [5, 5.41) is 0.427. The Morgan fingerprint density at radius 3 is 2.61 bits per heavy atom. The molecule has 0 aromatic carbocycles. The van der Waals surface area contributed by atoms with E-state index in [2.05, 4.69) is 9.72 Å². The van der Waals surface area contributed by atoms with Gasteiger partial charge in [-0.05, 0) is 20.8 Å². The van der Waals surface area contributed by atoms with Crippen LogP contribution in [-0.2, 0) is 9.47 Å². The zero-order valence-corrected chi connectivity index (χ0v) is 12.4. The molecule has 0 radical (unpaired) electrons. The van der Waals surface area contributed by atoms with E-state index in [4.69, 9.17) is 21.1 Å². The summed E-state index contributed by atoms with van der Waals surface area (Å²) in [5.41, 5.74) is -0.207. The highest BCUT2D eigenvalue weighted by molar-refractivity contribution is 7.15. The first-order chi connectivity index (χ1) is 8.33. The number of carbonyl (C=O) groups excluding carboxylic acids is 1. The molecule has 1 rings (SSSR count). The van der Waals surface area contributed by atoms with Crippen molar-refractivity contribution in [2.75, 3.05) is 20.3 Å². The molecule has 0 fully saturated rings. The van der Waals surface area contributed by atoms with Gasteiger partial charge in [0.1, 0.15) is 6.61 Å². The van der Waals surface area contributed by atoms with E-state index < -0.39 is 5.97 Å². The molecule has 0 aliphatic carbocycles. The fourth-order valence-corrected chi connectivity index (χ4v) is 2.11. The Balaban J connectivity index is 2.47. The van der Waals surface area contributed by atoms with Crippen molar-refractivity contribution in [1.82, 2.24) is 4.98 Å². The molecular formula is C11H16ClNO4S. The number of methoxy groups -OCH3 is 1. The lowest BCUT2D eigenvalue weighted by atomic mass is 10.2. The highest BCUT2D eigenvalue weighted by Gasteiger charge is 2.18. The molecule has 102 valence electrons. The Labute approximate surface area is 115 Å². The second-order valence-corrected chi connectivity index (χ2v) is 5.72. The molecule has 0 atom stereocenters. The van der Waals surface area contributed by atoms with Gasteiger partial charge >= 0.3 is 5.97 Å². The normalized spacial score (nSPS) is 11.4. The van der Waals surface area contributed by atoms with Gasteiger partial charge in [-0.1, -0.05) is 22.9 Å². The predicted molar refractivity (Wildman–Crippen MR) is 69.7 cm³/mol. The van der Waals surface area contributed by atoms with Crippen LogP contribution in [0.2, 0.25) is 5.15 Å². The molecule has 1 heterocycles. The van der Waals surface area contributed by atoms with Crippen molar-refractivity contribution in [3.8, 4) is 5.19 Å². The Bertz CT molecular complexity index is 414. The zero-order chi connectivity index (χ0) is 13.8. The zero-order valence-electron chi connectivity index (χ0n) is 10.8. The molecule has 7 heteroatoms. The Morgan fingerprint density at radius 2 is 2.06 bits per heavy atom. The molecule has 0 unspecified atom stereocenters. The molecule has 0 N–H and O–H groups in total. The van der Waals surface area contributed by atoms with Gasteiger partial charge < -0.3 is 14.2 Å². The van der Waals surface area contributed by atoms with Crippen molar-refractivity contribution in [2.45, 2.75) is 26.4 Å². The van der Waals surface area contributed by atoms with Gasteiger partial charge in [0.05, 0.1) is 19.3 Å². The van der Waals surface area contributed by atoms with E-state index in [1.165, 1.54) is 7.11 Å². The first kappa shape index (κ1) is 15.2. The largest absolute Gasteiger partial charge is 0.468 e. The number of ether oxygens (including phenoxy) is 3. The van der Waals surface area contributed by atoms with Crippen LogP contribution < -0.4 is 4.74 Å². The highest BCUT2D eigenvalue weighted by atomic mass is 35.5. The van der Waals surface area contributed by atoms with Gasteiger partial charge in [-0.25, -0.2) is 4.79 Å². The third kappa shape index (κ3) is 4.80. The van der Waals surface area contributed by atoms with Crippen LogP contribution in [-0.4, -0.2) is 36.9 Å². The Hall–Kier alpha value is -0.850. The van der Waals surface area contributed by atoms with E-state index in [-0.39, 0.29) is 15.6 Å². The maximum atomic E-state index is 11.3. The van der Waals surface area contributed by atoms with Crippen molar-refractivity contribution in [1.29, 1.82) is 0 Å². The van der Waals surface area contributed by atoms with E-state index in [0.29, 0.717) is 18.4 Å². The highest BCUT2D eigenvalue weighted by Crippen LogP contribution is 2.29. The summed E-state index contributed by atoms with van der Waals surface area (Å²) < 4.78 is 15.4. The molecule has 18 heavy (non-hydrogen) atoms. The molecule has 0 aliphatic heterocycles. The second kappa shape index (κ2) is 6.36. The molecule has 0 amide bonds. The minimum Gasteiger partial charge on any atom is -0.468 e. The Kier molecular flexibility index (Phi) is 5.37. The van der Waals surface area contributed by atoms with Crippen LogP contribution in [0.4, 0.5) is 0 Å². The maximum absolute atomic E-state index is 11.3. The maximum Gasteiger partial charge on any atom is 0.351 e. The smallest absolute Gasteiger partial charge is 0.351 e. The average molecular weight is 294 g/mol. The van der Waals surface area contributed by atoms with Crippen LogP contribution in [0.25, 0.3) is 0 Å². The van der Waals surface area contributed by atoms with Crippen molar-refractivity contribution in [3.63, 3.8) is 0 Å². The number of thiazole rings is 1. The minimum atomic E-state index is -0.515. The van der Waals surface area contributed by atoms with Crippen LogP contribution in [0.3, 0.4) is 0 Å². The number of carbonyl (C=O) groups is 1. The minimum absolute atomic E-state index is 0.0959. The lowest BCUT2D eigenvalue weighted by molar-refractivity contribution is -0.0163. The molecule has 5 nitrogen and oxygen atoms in total. The molecule has 0 saturated heterocycles. The summed E-state index contributed by atoms with van der Waals surface area (Å²) in [4.78, 5) is 15.5. The molecule has 1 aromatic rings. The van der Waals surface area contributed by atoms with E-state index in [0.717, 1.165) is 11.3 Å². The van der Waals surface area contributed by atoms with Crippen molar-refractivity contribution in [2.24, 2.45) is 0 Å². The van der Waals surface area contributed by atoms with Crippen LogP contribution in [0.5, 0.6) is 5.19 Å². The number of hydrogen-bond donors (Lipinski definition) is 0. The van der Waals surface area contributed by atoms with Gasteiger partial charge in [-0.2, -0.15) is 4.98 Å². The molecule has 0 aliphatic rings. The van der Waals surface area contributed by atoms with Gasteiger partial charge in [0, 0.05) is 0 Å². The third-order valence-electron chi connectivity index (χ3n) is 1.78. The van der Waals surface area contributed by atoms with Crippen LogP contribution in [0.15, 0.2) is 0 Å².